The van der Waals surface area contributed by atoms with Gasteiger partial charge in [-0.2, -0.15) is 0 Å². The molecule has 0 amide bonds. The minimum atomic E-state index is 0. The number of rotatable bonds is 3. The second-order valence-electron chi connectivity index (χ2n) is 4.76. The zero-order chi connectivity index (χ0) is 14.1. The van der Waals surface area contributed by atoms with E-state index >= 15 is 0 Å². The highest BCUT2D eigenvalue weighted by Crippen LogP contribution is 2.13. The average molecular weight is 287 g/mol. The van der Waals surface area contributed by atoms with Gasteiger partial charge in [0.15, 0.2) is 0 Å². The van der Waals surface area contributed by atoms with Crippen molar-refractivity contribution in [2.24, 2.45) is 0 Å². The molecule has 0 saturated heterocycles. The zero-order valence-electron chi connectivity index (χ0n) is 12.6. The van der Waals surface area contributed by atoms with Crippen LogP contribution in [0.15, 0.2) is 54.6 Å². The van der Waals surface area contributed by atoms with Gasteiger partial charge in [0.2, 0.25) is 0 Å². The monoisotopic (exact) mass is 287 g/mol. The Morgan fingerprint density at radius 2 is 1.24 bits per heavy atom. The Morgan fingerprint density at radius 3 is 1.67 bits per heavy atom. The van der Waals surface area contributed by atoms with Crippen LogP contribution >= 0.6 is 0 Å². The van der Waals surface area contributed by atoms with Crippen molar-refractivity contribution in [2.45, 2.75) is 41.5 Å². The predicted molar refractivity (Wildman–Crippen MR) is 99.4 cm³/mol. The maximum absolute atomic E-state index is 2.22. The Kier molecular flexibility index (Phi) is 12.3. The molecule has 21 heavy (non-hydrogen) atoms. The van der Waals surface area contributed by atoms with Gasteiger partial charge in [-0.15, -0.1) is 0 Å². The van der Waals surface area contributed by atoms with Crippen LogP contribution in [0.2, 0.25) is 0 Å². The quantitative estimate of drug-likeness (QED) is 0.686. The van der Waals surface area contributed by atoms with Crippen molar-refractivity contribution in [3.63, 3.8) is 0 Å². The molecule has 118 valence electrons. The van der Waals surface area contributed by atoms with E-state index in [9.17, 15) is 0 Å². The third kappa shape index (κ3) is 8.19. The first-order valence-corrected chi connectivity index (χ1v) is 6.97. The fourth-order valence-corrected chi connectivity index (χ4v) is 1.77. The molecule has 0 saturated carbocycles. The molecule has 0 unspecified atom stereocenters. The molecule has 1 heteroatoms. The first-order chi connectivity index (χ1) is 9.17. The van der Waals surface area contributed by atoms with Gasteiger partial charge in [-0.25, -0.2) is 0 Å². The summed E-state index contributed by atoms with van der Waals surface area (Å²) in [5.41, 5.74) is 4.09. The minimum Gasteiger partial charge on any atom is -0.378 e. The summed E-state index contributed by atoms with van der Waals surface area (Å²) in [6.07, 6.45) is 2.25. The zero-order valence-corrected chi connectivity index (χ0v) is 12.6. The Hall–Kier alpha value is -1.76. The van der Waals surface area contributed by atoms with E-state index in [4.69, 9.17) is 0 Å². The lowest BCUT2D eigenvalue weighted by molar-refractivity contribution is 1.10. The lowest BCUT2D eigenvalue weighted by atomic mass is 10.1. The van der Waals surface area contributed by atoms with E-state index in [2.05, 4.69) is 81.4 Å². The fraction of sp³-hybridized carbons (Fsp3) is 0.400. The predicted octanol–water partition coefficient (Wildman–Crippen LogP) is 5.84. The number of benzene rings is 2. The van der Waals surface area contributed by atoms with Crippen LogP contribution in [0.3, 0.4) is 0 Å². The van der Waals surface area contributed by atoms with Gasteiger partial charge in [0.05, 0.1) is 0 Å². The van der Waals surface area contributed by atoms with E-state index in [-0.39, 0.29) is 14.9 Å². The van der Waals surface area contributed by atoms with Crippen molar-refractivity contribution in [1.29, 1.82) is 0 Å². The molecule has 0 fully saturated rings. The van der Waals surface area contributed by atoms with Crippen molar-refractivity contribution in [3.05, 3.63) is 65.7 Å². The fourth-order valence-electron chi connectivity index (χ4n) is 1.77. The second-order valence-corrected chi connectivity index (χ2v) is 4.76. The van der Waals surface area contributed by atoms with Gasteiger partial charge in [-0.05, 0) is 36.1 Å². The van der Waals surface area contributed by atoms with E-state index in [0.717, 1.165) is 12.8 Å². The highest BCUT2D eigenvalue weighted by atomic mass is 15.1. The van der Waals surface area contributed by atoms with Gasteiger partial charge in [0.1, 0.15) is 0 Å². The smallest absolute Gasteiger partial charge is 0.0363 e. The lowest BCUT2D eigenvalue weighted by Crippen LogP contribution is -2.08. The molecule has 0 heterocycles. The van der Waals surface area contributed by atoms with Crippen LogP contribution in [0.25, 0.3) is 0 Å². The molecular formula is C20H33N. The molecule has 0 aliphatic carbocycles. The summed E-state index contributed by atoms with van der Waals surface area (Å²) in [5.74, 6) is 0. The van der Waals surface area contributed by atoms with Gasteiger partial charge in [-0.3, -0.25) is 0 Å². The summed E-state index contributed by atoms with van der Waals surface area (Å²) in [4.78, 5) is 2.12. The standard InChI is InChI=1S/C10H15N.C8H10.2CH4/c1-4-9-6-5-7-10(8-9)11(2)3;1-2-8-6-4-3-5-7-8;;/h5-8H,4H2,1-3H3;3-7H,2H2,1H3;2*1H4. The first kappa shape index (κ1) is 21.5. The van der Waals surface area contributed by atoms with Crippen LogP contribution in [-0.2, 0) is 12.8 Å². The topological polar surface area (TPSA) is 3.24 Å². The highest BCUT2D eigenvalue weighted by molar-refractivity contribution is 5.47. The Labute approximate surface area is 132 Å². The van der Waals surface area contributed by atoms with Gasteiger partial charge in [0.25, 0.3) is 0 Å². The van der Waals surface area contributed by atoms with E-state index in [1.807, 2.05) is 6.07 Å². The molecule has 0 spiro atoms. The van der Waals surface area contributed by atoms with Crippen LogP contribution in [-0.4, -0.2) is 14.1 Å². The van der Waals surface area contributed by atoms with Crippen molar-refractivity contribution < 1.29 is 0 Å². The van der Waals surface area contributed by atoms with Crippen molar-refractivity contribution in [1.82, 2.24) is 0 Å². The molecule has 2 aromatic rings. The van der Waals surface area contributed by atoms with E-state index < -0.39 is 0 Å². The molecule has 0 atom stereocenters. The van der Waals surface area contributed by atoms with Gasteiger partial charge in [-0.1, -0.05) is 71.2 Å². The first-order valence-electron chi connectivity index (χ1n) is 6.97. The van der Waals surface area contributed by atoms with Crippen molar-refractivity contribution >= 4 is 5.69 Å². The molecule has 0 N–H and O–H groups in total. The SMILES string of the molecule is C.C.CCc1cccc(N(C)C)c1.CCc1ccccc1. The summed E-state index contributed by atoms with van der Waals surface area (Å²) in [7, 11) is 4.13. The summed E-state index contributed by atoms with van der Waals surface area (Å²) >= 11 is 0. The maximum Gasteiger partial charge on any atom is 0.0363 e. The normalized spacial score (nSPS) is 8.57. The largest absolute Gasteiger partial charge is 0.378 e. The van der Waals surface area contributed by atoms with Crippen molar-refractivity contribution in [3.8, 4) is 0 Å². The minimum absolute atomic E-state index is 0. The molecule has 0 aliphatic heterocycles. The molecular weight excluding hydrogens is 254 g/mol. The van der Waals surface area contributed by atoms with E-state index in [1.54, 1.807) is 0 Å². The third-order valence-electron chi connectivity index (χ3n) is 3.09. The highest BCUT2D eigenvalue weighted by Gasteiger charge is 1.94. The van der Waals surface area contributed by atoms with Gasteiger partial charge >= 0.3 is 0 Å². The molecule has 0 bridgehead atoms. The van der Waals surface area contributed by atoms with Crippen LogP contribution in [0.5, 0.6) is 0 Å². The Morgan fingerprint density at radius 1 is 0.714 bits per heavy atom. The van der Waals surface area contributed by atoms with Crippen LogP contribution in [0.4, 0.5) is 5.69 Å². The van der Waals surface area contributed by atoms with Crippen LogP contribution in [0.1, 0.15) is 39.8 Å². The number of nitrogens with zero attached hydrogens (tertiary/aromatic N) is 1. The van der Waals surface area contributed by atoms with E-state index in [1.165, 1.54) is 16.8 Å². The van der Waals surface area contributed by atoms with E-state index in [0.29, 0.717) is 0 Å². The summed E-state index contributed by atoms with van der Waals surface area (Å²) in [5, 5.41) is 0. The van der Waals surface area contributed by atoms with Gasteiger partial charge in [0, 0.05) is 19.8 Å². The van der Waals surface area contributed by atoms with Gasteiger partial charge < -0.3 is 4.90 Å². The third-order valence-corrected chi connectivity index (χ3v) is 3.09. The van der Waals surface area contributed by atoms with Crippen LogP contribution in [0, 0.1) is 0 Å². The molecule has 0 aromatic heterocycles. The second kappa shape index (κ2) is 12.0. The Bertz CT molecular complexity index is 460. The molecule has 2 rings (SSSR count). The number of hydrogen-bond donors (Lipinski definition) is 0. The molecule has 0 aliphatic rings. The number of hydrogen-bond acceptors (Lipinski definition) is 1. The molecule has 0 radical (unpaired) electrons. The number of aryl methyl sites for hydroxylation is 2. The maximum atomic E-state index is 2.22. The summed E-state index contributed by atoms with van der Waals surface area (Å²) in [6, 6.07) is 19.1. The number of anilines is 1. The molecule has 1 nitrogen and oxygen atoms in total. The van der Waals surface area contributed by atoms with Crippen molar-refractivity contribution in [2.75, 3.05) is 19.0 Å². The average Bonchev–Trinajstić information content (AvgIpc) is 2.48. The summed E-state index contributed by atoms with van der Waals surface area (Å²) < 4.78 is 0. The Balaban J connectivity index is 0. The summed E-state index contributed by atoms with van der Waals surface area (Å²) in [6.45, 7) is 4.34. The lowest BCUT2D eigenvalue weighted by Gasteiger charge is -2.12. The molecule has 2 aromatic carbocycles. The van der Waals surface area contributed by atoms with Crippen LogP contribution < -0.4 is 4.90 Å².